The minimum absolute atomic E-state index is 0.326. The number of rotatable bonds is 2. The molecule has 0 aliphatic heterocycles. The first-order chi connectivity index (χ1) is 7.86. The molecule has 2 aliphatic rings. The second-order valence-corrected chi connectivity index (χ2v) is 6.29. The fourth-order valence-corrected chi connectivity index (χ4v) is 3.19. The molecule has 2 rings (SSSR count). The van der Waals surface area contributed by atoms with Gasteiger partial charge in [0.2, 0.25) is 0 Å². The number of carbonyl (C=O) groups excluding carboxylic acids is 2. The van der Waals surface area contributed by atoms with Gasteiger partial charge in [0.25, 0.3) is 0 Å². The standard InChI is InChI=1S/C13H21NO3/c1-12(2,3)17-11(16)14-13(8-15)7-9-5-4-6-10(9)13/h8-10H,4-7H2,1-3H3,(H,14,16). The molecule has 96 valence electrons. The van der Waals surface area contributed by atoms with Crippen molar-refractivity contribution in [3.63, 3.8) is 0 Å². The number of fused-ring (bicyclic) bond motifs is 1. The number of hydrogen-bond acceptors (Lipinski definition) is 3. The molecular formula is C13H21NO3. The molecular weight excluding hydrogens is 218 g/mol. The van der Waals surface area contributed by atoms with Gasteiger partial charge in [-0.25, -0.2) is 4.79 Å². The van der Waals surface area contributed by atoms with Crippen LogP contribution < -0.4 is 5.32 Å². The zero-order valence-electron chi connectivity index (χ0n) is 10.8. The van der Waals surface area contributed by atoms with Crippen molar-refractivity contribution in [3.8, 4) is 0 Å². The van der Waals surface area contributed by atoms with Gasteiger partial charge in [0.15, 0.2) is 0 Å². The van der Waals surface area contributed by atoms with Gasteiger partial charge in [-0.3, -0.25) is 0 Å². The third-order valence-corrected chi connectivity index (χ3v) is 3.86. The average Bonchev–Trinajstić information content (AvgIpc) is 2.54. The first-order valence-electron chi connectivity index (χ1n) is 6.34. The fourth-order valence-electron chi connectivity index (χ4n) is 3.19. The maximum Gasteiger partial charge on any atom is 0.408 e. The maximum atomic E-state index is 11.7. The van der Waals surface area contributed by atoms with Crippen LogP contribution in [-0.2, 0) is 9.53 Å². The highest BCUT2D eigenvalue weighted by Crippen LogP contribution is 2.52. The fraction of sp³-hybridized carbons (Fsp3) is 0.846. The number of hydrogen-bond donors (Lipinski definition) is 1. The lowest BCUT2D eigenvalue weighted by atomic mass is 9.61. The van der Waals surface area contributed by atoms with Crippen molar-refractivity contribution in [3.05, 3.63) is 0 Å². The molecule has 3 atom stereocenters. The molecule has 0 spiro atoms. The third kappa shape index (κ3) is 2.31. The molecule has 3 unspecified atom stereocenters. The molecule has 0 radical (unpaired) electrons. The molecule has 0 heterocycles. The summed E-state index contributed by atoms with van der Waals surface area (Å²) in [4.78, 5) is 23.0. The Morgan fingerprint density at radius 3 is 2.65 bits per heavy atom. The predicted octanol–water partition coefficient (Wildman–Crippen LogP) is 2.27. The number of nitrogens with one attached hydrogen (secondary N) is 1. The predicted molar refractivity (Wildman–Crippen MR) is 63.6 cm³/mol. The topological polar surface area (TPSA) is 55.4 Å². The molecule has 0 aromatic rings. The summed E-state index contributed by atoms with van der Waals surface area (Å²) in [5.41, 5.74) is -1.17. The van der Waals surface area contributed by atoms with E-state index >= 15 is 0 Å². The number of amides is 1. The van der Waals surface area contributed by atoms with E-state index in [2.05, 4.69) is 5.32 Å². The third-order valence-electron chi connectivity index (χ3n) is 3.86. The van der Waals surface area contributed by atoms with Crippen LogP contribution in [0.4, 0.5) is 4.79 Å². The monoisotopic (exact) mass is 239 g/mol. The van der Waals surface area contributed by atoms with Crippen molar-refractivity contribution in [1.29, 1.82) is 0 Å². The van der Waals surface area contributed by atoms with Crippen molar-refractivity contribution in [2.24, 2.45) is 11.8 Å². The smallest absolute Gasteiger partial charge is 0.408 e. The summed E-state index contributed by atoms with van der Waals surface area (Å²) in [6, 6.07) is 0. The molecule has 1 amide bonds. The van der Waals surface area contributed by atoms with Crippen LogP contribution in [0.25, 0.3) is 0 Å². The van der Waals surface area contributed by atoms with Gasteiger partial charge in [-0.15, -0.1) is 0 Å². The molecule has 0 bridgehead atoms. The van der Waals surface area contributed by atoms with E-state index in [0.29, 0.717) is 11.8 Å². The Hall–Kier alpha value is -1.06. The molecule has 4 nitrogen and oxygen atoms in total. The van der Waals surface area contributed by atoms with Crippen molar-refractivity contribution < 1.29 is 14.3 Å². The average molecular weight is 239 g/mol. The van der Waals surface area contributed by atoms with Gasteiger partial charge >= 0.3 is 6.09 Å². The van der Waals surface area contributed by atoms with Crippen LogP contribution in [0.3, 0.4) is 0 Å². The van der Waals surface area contributed by atoms with E-state index in [1.165, 1.54) is 12.8 Å². The second kappa shape index (κ2) is 4.00. The molecule has 0 saturated heterocycles. The Balaban J connectivity index is 1.97. The number of ether oxygens (including phenoxy) is 1. The summed E-state index contributed by atoms with van der Waals surface area (Å²) in [5, 5.41) is 2.78. The van der Waals surface area contributed by atoms with Gasteiger partial charge in [0.05, 0.1) is 0 Å². The van der Waals surface area contributed by atoms with Gasteiger partial charge < -0.3 is 14.8 Å². The molecule has 2 saturated carbocycles. The summed E-state index contributed by atoms with van der Waals surface area (Å²) in [7, 11) is 0. The van der Waals surface area contributed by atoms with Crippen LogP contribution in [0, 0.1) is 11.8 Å². The minimum Gasteiger partial charge on any atom is -0.444 e. The molecule has 17 heavy (non-hydrogen) atoms. The highest BCUT2D eigenvalue weighted by Gasteiger charge is 2.56. The summed E-state index contributed by atoms with van der Waals surface area (Å²) in [6.45, 7) is 5.46. The molecule has 0 aromatic heterocycles. The largest absolute Gasteiger partial charge is 0.444 e. The van der Waals surface area contributed by atoms with Crippen LogP contribution in [-0.4, -0.2) is 23.5 Å². The lowest BCUT2D eigenvalue weighted by Crippen LogP contribution is -2.64. The quantitative estimate of drug-likeness (QED) is 0.752. The minimum atomic E-state index is -0.649. The Morgan fingerprint density at radius 2 is 2.12 bits per heavy atom. The van der Waals surface area contributed by atoms with E-state index in [0.717, 1.165) is 19.1 Å². The van der Waals surface area contributed by atoms with Crippen molar-refractivity contribution >= 4 is 12.4 Å². The molecule has 0 aromatic carbocycles. The Bertz CT molecular complexity index is 334. The lowest BCUT2D eigenvalue weighted by molar-refractivity contribution is -0.122. The van der Waals surface area contributed by atoms with Gasteiger partial charge in [-0.05, 0) is 51.9 Å². The SMILES string of the molecule is CC(C)(C)OC(=O)NC1(C=O)CC2CCCC21. The van der Waals surface area contributed by atoms with E-state index in [-0.39, 0.29) is 0 Å². The van der Waals surface area contributed by atoms with Crippen LogP contribution >= 0.6 is 0 Å². The van der Waals surface area contributed by atoms with E-state index in [9.17, 15) is 9.59 Å². The summed E-state index contributed by atoms with van der Waals surface area (Å²) < 4.78 is 5.21. The molecule has 4 heteroatoms. The van der Waals surface area contributed by atoms with Crippen molar-refractivity contribution in [2.45, 2.75) is 57.6 Å². The van der Waals surface area contributed by atoms with E-state index in [1.54, 1.807) is 0 Å². The van der Waals surface area contributed by atoms with Crippen molar-refractivity contribution in [1.82, 2.24) is 5.32 Å². The van der Waals surface area contributed by atoms with Gasteiger partial charge in [-0.2, -0.15) is 0 Å². The molecule has 1 N–H and O–H groups in total. The first-order valence-corrected chi connectivity index (χ1v) is 6.34. The van der Waals surface area contributed by atoms with E-state index < -0.39 is 17.2 Å². The van der Waals surface area contributed by atoms with E-state index in [4.69, 9.17) is 4.74 Å². The zero-order chi connectivity index (χ0) is 12.7. The second-order valence-electron chi connectivity index (χ2n) is 6.29. The summed E-state index contributed by atoms with van der Waals surface area (Å²) in [5.74, 6) is 0.947. The van der Waals surface area contributed by atoms with Gasteiger partial charge in [0, 0.05) is 0 Å². The number of alkyl carbamates (subject to hydrolysis) is 1. The molecule has 2 aliphatic carbocycles. The Kier molecular flexibility index (Phi) is 2.92. The summed E-state index contributed by atoms with van der Waals surface area (Å²) >= 11 is 0. The Morgan fingerprint density at radius 1 is 1.41 bits per heavy atom. The van der Waals surface area contributed by atoms with E-state index in [1.807, 2.05) is 20.8 Å². The lowest BCUT2D eigenvalue weighted by Gasteiger charge is -2.49. The number of aldehydes is 1. The van der Waals surface area contributed by atoms with Gasteiger partial charge in [0.1, 0.15) is 17.4 Å². The van der Waals surface area contributed by atoms with Crippen LogP contribution in [0.15, 0.2) is 0 Å². The highest BCUT2D eigenvalue weighted by molar-refractivity contribution is 5.78. The van der Waals surface area contributed by atoms with Crippen LogP contribution in [0.5, 0.6) is 0 Å². The number of carbonyl (C=O) groups is 2. The van der Waals surface area contributed by atoms with Crippen LogP contribution in [0.2, 0.25) is 0 Å². The highest BCUT2D eigenvalue weighted by atomic mass is 16.6. The summed E-state index contributed by atoms with van der Waals surface area (Å²) in [6.07, 6.45) is 4.61. The van der Waals surface area contributed by atoms with Gasteiger partial charge in [-0.1, -0.05) is 6.42 Å². The maximum absolute atomic E-state index is 11.7. The Labute approximate surface area is 102 Å². The normalized spacial score (nSPS) is 35.7. The zero-order valence-corrected chi connectivity index (χ0v) is 10.8. The first kappa shape index (κ1) is 12.4. The van der Waals surface area contributed by atoms with Crippen molar-refractivity contribution in [2.75, 3.05) is 0 Å². The molecule has 2 fully saturated rings. The van der Waals surface area contributed by atoms with Crippen LogP contribution in [0.1, 0.15) is 46.5 Å².